The van der Waals surface area contributed by atoms with Crippen LogP contribution in [-0.2, 0) is 16.1 Å². The van der Waals surface area contributed by atoms with Crippen LogP contribution in [0.5, 0.6) is 0 Å². The minimum absolute atomic E-state index is 0.156. The molecule has 0 unspecified atom stereocenters. The summed E-state index contributed by atoms with van der Waals surface area (Å²) in [5.74, 6) is -0.730. The molecule has 1 aromatic rings. The zero-order chi connectivity index (χ0) is 17.2. The fourth-order valence-corrected chi connectivity index (χ4v) is 2.84. The Kier molecular flexibility index (Phi) is 7.55. The number of amides is 1. The maximum Gasteiger partial charge on any atom is 0.407 e. The van der Waals surface area contributed by atoms with Crippen molar-refractivity contribution in [3.05, 3.63) is 35.9 Å². The molecule has 132 valence electrons. The number of nitrogens with zero attached hydrogens (tertiary/aromatic N) is 1. The number of piperidine rings is 1. The molecule has 6 heteroatoms. The van der Waals surface area contributed by atoms with E-state index in [0.29, 0.717) is 0 Å². The van der Waals surface area contributed by atoms with Crippen LogP contribution < -0.4 is 5.32 Å². The van der Waals surface area contributed by atoms with Crippen LogP contribution in [0.2, 0.25) is 0 Å². The molecule has 1 heterocycles. The monoisotopic (exact) mass is 334 g/mol. The molecule has 24 heavy (non-hydrogen) atoms. The van der Waals surface area contributed by atoms with Crippen LogP contribution in [0.4, 0.5) is 4.79 Å². The first kappa shape index (κ1) is 18.3. The molecule has 6 nitrogen and oxygen atoms in total. The average Bonchev–Trinajstić information content (AvgIpc) is 2.59. The molecule has 1 amide bonds. The molecule has 0 aromatic heterocycles. The second-order valence-electron chi connectivity index (χ2n) is 6.17. The lowest BCUT2D eigenvalue weighted by atomic mass is 10.0. The summed E-state index contributed by atoms with van der Waals surface area (Å²) in [5, 5.41) is 11.5. The minimum atomic E-state index is -0.730. The fraction of sp³-hybridized carbons (Fsp3) is 0.556. The number of carbonyl (C=O) groups excluding carboxylic acids is 1. The highest BCUT2D eigenvalue weighted by Gasteiger charge is 2.20. The van der Waals surface area contributed by atoms with Gasteiger partial charge < -0.3 is 20.1 Å². The van der Waals surface area contributed by atoms with Crippen molar-refractivity contribution in [3.63, 3.8) is 0 Å². The van der Waals surface area contributed by atoms with E-state index in [1.165, 1.54) is 0 Å². The largest absolute Gasteiger partial charge is 0.481 e. The molecule has 2 N–H and O–H groups in total. The van der Waals surface area contributed by atoms with E-state index in [0.717, 1.165) is 50.9 Å². The van der Waals surface area contributed by atoms with Crippen LogP contribution in [0.25, 0.3) is 0 Å². The Labute approximate surface area is 142 Å². The van der Waals surface area contributed by atoms with Crippen molar-refractivity contribution in [2.24, 2.45) is 0 Å². The number of nitrogens with one attached hydrogen (secondary N) is 1. The quantitative estimate of drug-likeness (QED) is 0.715. The maximum atomic E-state index is 11.8. The standard InChI is InChI=1S/C18H26N2O4/c21-17(22)8-4-5-11-20-12-9-16(10-13-20)19-18(23)24-14-15-6-2-1-3-7-15/h1-3,6-7,16H,4-5,8-14H2,(H,19,23)(H,21,22). The summed E-state index contributed by atoms with van der Waals surface area (Å²) in [6.45, 7) is 3.07. The number of unbranched alkanes of at least 4 members (excludes halogenated alkanes) is 1. The van der Waals surface area contributed by atoms with Gasteiger partial charge in [-0.3, -0.25) is 4.79 Å². The van der Waals surface area contributed by atoms with Crippen LogP contribution in [0.3, 0.4) is 0 Å². The van der Waals surface area contributed by atoms with E-state index in [9.17, 15) is 9.59 Å². The van der Waals surface area contributed by atoms with Crippen molar-refractivity contribution in [3.8, 4) is 0 Å². The molecule has 1 aromatic carbocycles. The molecule has 1 saturated heterocycles. The van der Waals surface area contributed by atoms with E-state index in [4.69, 9.17) is 9.84 Å². The van der Waals surface area contributed by atoms with E-state index in [1.54, 1.807) is 0 Å². The average molecular weight is 334 g/mol. The Morgan fingerprint density at radius 3 is 2.54 bits per heavy atom. The number of aliphatic carboxylic acids is 1. The van der Waals surface area contributed by atoms with E-state index in [2.05, 4.69) is 10.2 Å². The van der Waals surface area contributed by atoms with E-state index in [-0.39, 0.29) is 25.2 Å². The SMILES string of the molecule is O=C(O)CCCCN1CCC(NC(=O)OCc2ccccc2)CC1. The van der Waals surface area contributed by atoms with Crippen molar-refractivity contribution in [2.45, 2.75) is 44.8 Å². The summed E-state index contributed by atoms with van der Waals surface area (Å²) in [5.41, 5.74) is 0.976. The molecular weight excluding hydrogens is 308 g/mol. The van der Waals surface area contributed by atoms with Crippen LogP contribution in [-0.4, -0.2) is 47.7 Å². The Morgan fingerprint density at radius 2 is 1.88 bits per heavy atom. The van der Waals surface area contributed by atoms with Gasteiger partial charge in [0.2, 0.25) is 0 Å². The van der Waals surface area contributed by atoms with Gasteiger partial charge >= 0.3 is 12.1 Å². The molecule has 0 aliphatic carbocycles. The van der Waals surface area contributed by atoms with Gasteiger partial charge in [0.25, 0.3) is 0 Å². The van der Waals surface area contributed by atoms with E-state index in [1.807, 2.05) is 30.3 Å². The summed E-state index contributed by atoms with van der Waals surface area (Å²) in [6, 6.07) is 9.78. The summed E-state index contributed by atoms with van der Waals surface area (Å²) in [7, 11) is 0. The summed E-state index contributed by atoms with van der Waals surface area (Å²) in [6.07, 6.45) is 3.31. The minimum Gasteiger partial charge on any atom is -0.481 e. The first-order chi connectivity index (χ1) is 11.6. The van der Waals surface area contributed by atoms with Gasteiger partial charge in [0.05, 0.1) is 0 Å². The Balaban J connectivity index is 1.57. The molecular formula is C18H26N2O4. The summed E-state index contributed by atoms with van der Waals surface area (Å²) >= 11 is 0. The van der Waals surface area contributed by atoms with Gasteiger partial charge in [0.15, 0.2) is 0 Å². The van der Waals surface area contributed by atoms with Crippen molar-refractivity contribution < 1.29 is 19.4 Å². The molecule has 0 bridgehead atoms. The highest BCUT2D eigenvalue weighted by Crippen LogP contribution is 2.12. The lowest BCUT2D eigenvalue weighted by Crippen LogP contribution is -2.45. The molecule has 0 saturated carbocycles. The van der Waals surface area contributed by atoms with Gasteiger partial charge in [-0.25, -0.2) is 4.79 Å². The van der Waals surface area contributed by atoms with Crippen LogP contribution in [0.15, 0.2) is 30.3 Å². The number of rotatable bonds is 8. The molecule has 1 aliphatic heterocycles. The van der Waals surface area contributed by atoms with Gasteiger partial charge in [-0.2, -0.15) is 0 Å². The third kappa shape index (κ3) is 7.00. The zero-order valence-electron chi connectivity index (χ0n) is 13.9. The molecule has 1 aliphatic rings. The lowest BCUT2D eigenvalue weighted by molar-refractivity contribution is -0.137. The maximum absolute atomic E-state index is 11.8. The van der Waals surface area contributed by atoms with Crippen LogP contribution >= 0.6 is 0 Å². The number of likely N-dealkylation sites (tertiary alicyclic amines) is 1. The third-order valence-electron chi connectivity index (χ3n) is 4.24. The number of ether oxygens (including phenoxy) is 1. The Hall–Kier alpha value is -2.08. The van der Waals surface area contributed by atoms with Crippen LogP contribution in [0, 0.1) is 0 Å². The number of carboxylic acid groups (broad SMARTS) is 1. The first-order valence-electron chi connectivity index (χ1n) is 8.55. The van der Waals surface area contributed by atoms with E-state index < -0.39 is 5.97 Å². The fourth-order valence-electron chi connectivity index (χ4n) is 2.84. The smallest absolute Gasteiger partial charge is 0.407 e. The van der Waals surface area contributed by atoms with Gasteiger partial charge in [-0.1, -0.05) is 30.3 Å². The van der Waals surface area contributed by atoms with E-state index >= 15 is 0 Å². The molecule has 1 fully saturated rings. The molecule has 0 spiro atoms. The van der Waals surface area contributed by atoms with Crippen molar-refractivity contribution in [1.82, 2.24) is 10.2 Å². The predicted octanol–water partition coefficient (Wildman–Crippen LogP) is 2.63. The number of carbonyl (C=O) groups is 2. The highest BCUT2D eigenvalue weighted by atomic mass is 16.5. The molecule has 0 atom stereocenters. The summed E-state index contributed by atoms with van der Waals surface area (Å²) < 4.78 is 5.24. The van der Waals surface area contributed by atoms with Gasteiger partial charge in [-0.05, 0) is 37.8 Å². The van der Waals surface area contributed by atoms with Gasteiger partial charge in [-0.15, -0.1) is 0 Å². The van der Waals surface area contributed by atoms with Gasteiger partial charge in [0.1, 0.15) is 6.61 Å². The molecule has 0 radical (unpaired) electrons. The number of carboxylic acids is 1. The number of hydrogen-bond acceptors (Lipinski definition) is 4. The van der Waals surface area contributed by atoms with Crippen molar-refractivity contribution >= 4 is 12.1 Å². The third-order valence-corrected chi connectivity index (χ3v) is 4.24. The predicted molar refractivity (Wildman–Crippen MR) is 90.7 cm³/mol. The normalized spacial score (nSPS) is 15.8. The van der Waals surface area contributed by atoms with Crippen LogP contribution in [0.1, 0.15) is 37.7 Å². The number of alkyl carbamates (subject to hydrolysis) is 1. The first-order valence-corrected chi connectivity index (χ1v) is 8.55. The lowest BCUT2D eigenvalue weighted by Gasteiger charge is -2.32. The van der Waals surface area contributed by atoms with Crippen molar-refractivity contribution in [1.29, 1.82) is 0 Å². The second-order valence-corrected chi connectivity index (χ2v) is 6.17. The van der Waals surface area contributed by atoms with Crippen molar-refractivity contribution in [2.75, 3.05) is 19.6 Å². The highest BCUT2D eigenvalue weighted by molar-refractivity contribution is 5.67. The number of hydrogen-bond donors (Lipinski definition) is 2. The topological polar surface area (TPSA) is 78.9 Å². The Morgan fingerprint density at radius 1 is 1.17 bits per heavy atom. The Bertz CT molecular complexity index is 513. The second kappa shape index (κ2) is 9.93. The zero-order valence-corrected chi connectivity index (χ0v) is 13.9. The van der Waals surface area contributed by atoms with Gasteiger partial charge in [0, 0.05) is 25.6 Å². The molecule has 2 rings (SSSR count). The summed E-state index contributed by atoms with van der Waals surface area (Å²) in [4.78, 5) is 24.6. The number of benzene rings is 1.